The zero-order chi connectivity index (χ0) is 32.2. The summed E-state index contributed by atoms with van der Waals surface area (Å²) >= 11 is 0. The minimum atomic E-state index is -0.622. The third-order valence-corrected chi connectivity index (χ3v) is 8.77. The zero-order valence-corrected chi connectivity index (χ0v) is 26.7. The van der Waals surface area contributed by atoms with E-state index in [4.69, 9.17) is 9.47 Å². The van der Waals surface area contributed by atoms with Crippen LogP contribution in [0, 0.1) is 19.7 Å². The van der Waals surface area contributed by atoms with Gasteiger partial charge >= 0.3 is 6.09 Å². The van der Waals surface area contributed by atoms with Crippen LogP contribution in [-0.2, 0) is 17.8 Å². The summed E-state index contributed by atoms with van der Waals surface area (Å²) in [5.74, 6) is -0.597. The highest BCUT2D eigenvalue weighted by molar-refractivity contribution is 5.81. The molecule has 0 radical (unpaired) electrons. The number of carbonyl (C=O) groups is 1. The number of halogens is 1. The molecule has 0 spiro atoms. The van der Waals surface area contributed by atoms with Gasteiger partial charge in [-0.25, -0.2) is 9.18 Å². The second-order valence-corrected chi connectivity index (χ2v) is 12.3. The molecule has 1 saturated heterocycles. The molecule has 1 atom stereocenters. The fourth-order valence-electron chi connectivity index (χ4n) is 6.25. The van der Waals surface area contributed by atoms with Crippen molar-refractivity contribution >= 4 is 22.7 Å². The standard InChI is InChI=1S/C35H41FN6O4/c1-23-6-7-28(18-39-23)40-12-4-5-29(22-40)41(19-25-10-11-38-24(2)15-25)20-26-21-42(27-8-9-27)32-17-33(31(36)16-30(32)34(26)43)45-13-14-46-35(44)37-3/h6-7,10-11,15-18,21,27,29H,4-5,8-9,12-14,19-20,22H2,1-3H3,(H,37,44)/t29-/m0/s1. The lowest BCUT2D eigenvalue weighted by Gasteiger charge is -2.40. The Balaban J connectivity index is 1.31. The summed E-state index contributed by atoms with van der Waals surface area (Å²) in [5.41, 5.74) is 5.29. The SMILES string of the molecule is CNC(=O)OCCOc1cc2c(cc1F)c(=O)c(CN(Cc1ccnc(C)c1)[C@H]1CCCN(c3ccc(C)nc3)C1)cn2C1CC1. The molecular weight excluding hydrogens is 587 g/mol. The summed E-state index contributed by atoms with van der Waals surface area (Å²) in [6, 6.07) is 11.6. The van der Waals surface area contributed by atoms with Gasteiger partial charge in [-0.05, 0) is 75.4 Å². The van der Waals surface area contributed by atoms with E-state index < -0.39 is 11.9 Å². The number of nitrogens with one attached hydrogen (secondary N) is 1. The molecule has 2 fully saturated rings. The van der Waals surface area contributed by atoms with Gasteiger partial charge in [0.2, 0.25) is 0 Å². The van der Waals surface area contributed by atoms with Crippen LogP contribution in [0.15, 0.2) is 59.8 Å². The Bertz CT molecular complexity index is 1760. The monoisotopic (exact) mass is 628 g/mol. The predicted octanol–water partition coefficient (Wildman–Crippen LogP) is 5.29. The van der Waals surface area contributed by atoms with E-state index in [1.165, 1.54) is 13.1 Å². The number of alkyl carbamates (subject to hydrolysis) is 1. The van der Waals surface area contributed by atoms with E-state index in [2.05, 4.69) is 41.8 Å². The van der Waals surface area contributed by atoms with Crippen LogP contribution in [0.2, 0.25) is 0 Å². The molecule has 11 heteroatoms. The van der Waals surface area contributed by atoms with Gasteiger partial charge in [-0.3, -0.25) is 19.7 Å². The maximum Gasteiger partial charge on any atom is 0.406 e. The number of nitrogens with zero attached hydrogens (tertiary/aromatic N) is 5. The Morgan fingerprint density at radius 1 is 1.07 bits per heavy atom. The van der Waals surface area contributed by atoms with Crippen molar-refractivity contribution in [2.75, 3.05) is 38.3 Å². The van der Waals surface area contributed by atoms with Crippen LogP contribution < -0.4 is 20.4 Å². The molecule has 4 heterocycles. The van der Waals surface area contributed by atoms with E-state index in [1.807, 2.05) is 44.6 Å². The lowest BCUT2D eigenvalue weighted by molar-refractivity contribution is 0.126. The van der Waals surface area contributed by atoms with E-state index >= 15 is 4.39 Å². The zero-order valence-electron chi connectivity index (χ0n) is 26.7. The number of fused-ring (bicyclic) bond motifs is 1. The molecule has 0 unspecified atom stereocenters. The second kappa shape index (κ2) is 13.9. The number of benzene rings is 1. The summed E-state index contributed by atoms with van der Waals surface area (Å²) in [6.07, 6.45) is 9.16. The molecule has 1 aliphatic heterocycles. The summed E-state index contributed by atoms with van der Waals surface area (Å²) in [6.45, 7) is 6.80. The first-order valence-electron chi connectivity index (χ1n) is 16.0. The molecule has 1 amide bonds. The topological polar surface area (TPSA) is 102 Å². The van der Waals surface area contributed by atoms with E-state index in [0.29, 0.717) is 29.6 Å². The fourth-order valence-corrected chi connectivity index (χ4v) is 6.25. The Labute approximate surface area is 268 Å². The fraction of sp³-hybridized carbons (Fsp3) is 0.429. The van der Waals surface area contributed by atoms with Gasteiger partial charge in [-0.2, -0.15) is 0 Å². The second-order valence-electron chi connectivity index (χ2n) is 12.3. The summed E-state index contributed by atoms with van der Waals surface area (Å²) in [7, 11) is 1.46. The van der Waals surface area contributed by atoms with Crippen molar-refractivity contribution in [3.8, 4) is 5.75 Å². The van der Waals surface area contributed by atoms with E-state index in [9.17, 15) is 9.59 Å². The summed E-state index contributed by atoms with van der Waals surface area (Å²) in [4.78, 5) is 39.1. The third-order valence-electron chi connectivity index (χ3n) is 8.77. The van der Waals surface area contributed by atoms with Gasteiger partial charge in [-0.1, -0.05) is 0 Å². The molecule has 1 aromatic carbocycles. The highest BCUT2D eigenvalue weighted by atomic mass is 19.1. The quantitative estimate of drug-likeness (QED) is 0.224. The third kappa shape index (κ3) is 7.31. The van der Waals surface area contributed by atoms with Crippen molar-refractivity contribution in [2.24, 2.45) is 0 Å². The van der Waals surface area contributed by atoms with Gasteiger partial charge < -0.3 is 24.3 Å². The highest BCUT2D eigenvalue weighted by Gasteiger charge is 2.30. The first kappa shape index (κ1) is 31.5. The maximum absolute atomic E-state index is 15.3. The molecule has 3 aromatic heterocycles. The number of rotatable bonds is 11. The number of pyridine rings is 3. The van der Waals surface area contributed by atoms with Crippen molar-refractivity contribution in [3.63, 3.8) is 0 Å². The number of ether oxygens (including phenoxy) is 2. The van der Waals surface area contributed by atoms with Gasteiger partial charge in [0.1, 0.15) is 13.2 Å². The maximum atomic E-state index is 15.3. The molecule has 10 nitrogen and oxygen atoms in total. The molecule has 6 rings (SSSR count). The van der Waals surface area contributed by atoms with Crippen molar-refractivity contribution in [1.29, 1.82) is 0 Å². The number of anilines is 1. The average molecular weight is 629 g/mol. The van der Waals surface area contributed by atoms with Crippen LogP contribution >= 0.6 is 0 Å². The van der Waals surface area contributed by atoms with Crippen LogP contribution in [0.5, 0.6) is 5.75 Å². The lowest BCUT2D eigenvalue weighted by Crippen LogP contribution is -2.48. The van der Waals surface area contributed by atoms with Gasteiger partial charge in [0.05, 0.1) is 17.4 Å². The van der Waals surface area contributed by atoms with Gasteiger partial charge in [0, 0.05) is 86.1 Å². The van der Waals surface area contributed by atoms with Gasteiger partial charge in [-0.15, -0.1) is 0 Å². The van der Waals surface area contributed by atoms with E-state index in [1.54, 1.807) is 6.07 Å². The molecule has 2 aliphatic rings. The Hall–Kier alpha value is -4.51. The predicted molar refractivity (Wildman–Crippen MR) is 175 cm³/mol. The molecule has 1 N–H and O–H groups in total. The van der Waals surface area contributed by atoms with E-state index in [0.717, 1.165) is 61.4 Å². The van der Waals surface area contributed by atoms with Crippen LogP contribution in [0.4, 0.5) is 14.9 Å². The Kier molecular flexibility index (Phi) is 9.48. The van der Waals surface area contributed by atoms with Crippen LogP contribution in [0.1, 0.15) is 54.2 Å². The lowest BCUT2D eigenvalue weighted by atomic mass is 10.0. The first-order chi connectivity index (χ1) is 22.3. The smallest absolute Gasteiger partial charge is 0.406 e. The number of carbonyl (C=O) groups excluding carboxylic acids is 1. The van der Waals surface area contributed by atoms with Crippen molar-refractivity contribution in [2.45, 2.75) is 64.7 Å². The average Bonchev–Trinajstić information content (AvgIpc) is 3.90. The van der Waals surface area contributed by atoms with Gasteiger partial charge in [0.25, 0.3) is 0 Å². The highest BCUT2D eigenvalue weighted by Crippen LogP contribution is 2.38. The molecule has 1 saturated carbocycles. The molecule has 1 aliphatic carbocycles. The number of hydrogen-bond acceptors (Lipinski definition) is 8. The van der Waals surface area contributed by atoms with Crippen LogP contribution in [0.25, 0.3) is 10.9 Å². The summed E-state index contributed by atoms with van der Waals surface area (Å²) in [5, 5.41) is 2.70. The van der Waals surface area contributed by atoms with Crippen molar-refractivity contribution < 1.29 is 18.7 Å². The molecule has 46 heavy (non-hydrogen) atoms. The molecule has 242 valence electrons. The largest absolute Gasteiger partial charge is 0.487 e. The number of piperidine rings is 1. The normalized spacial score (nSPS) is 16.5. The van der Waals surface area contributed by atoms with Crippen molar-refractivity contribution in [1.82, 2.24) is 24.8 Å². The van der Waals surface area contributed by atoms with Gasteiger partial charge in [0.15, 0.2) is 17.0 Å². The Morgan fingerprint density at radius 3 is 2.65 bits per heavy atom. The van der Waals surface area contributed by atoms with E-state index in [-0.39, 0.29) is 36.5 Å². The number of aryl methyl sites for hydroxylation is 2. The first-order valence-corrected chi connectivity index (χ1v) is 16.0. The van der Waals surface area contributed by atoms with Crippen molar-refractivity contribution in [3.05, 3.63) is 93.5 Å². The van der Waals surface area contributed by atoms with Crippen LogP contribution in [0.3, 0.4) is 0 Å². The minimum Gasteiger partial charge on any atom is -0.487 e. The Morgan fingerprint density at radius 2 is 1.91 bits per heavy atom. The molecule has 4 aromatic rings. The molecule has 0 bridgehead atoms. The van der Waals surface area contributed by atoms with Crippen LogP contribution in [-0.4, -0.2) is 64.9 Å². The number of amides is 1. The number of hydrogen-bond donors (Lipinski definition) is 1. The number of aromatic nitrogens is 3. The molecular formula is C35H41FN6O4. The minimum absolute atomic E-state index is 0.0118. The summed E-state index contributed by atoms with van der Waals surface area (Å²) < 4.78 is 28.0.